The number of hydrogen-bond donors (Lipinski definition) is 2. The average Bonchev–Trinajstić information content (AvgIpc) is 3.12. The van der Waals surface area contributed by atoms with E-state index in [1.807, 2.05) is 37.6 Å². The molecule has 0 unspecified atom stereocenters. The topological polar surface area (TPSA) is 115 Å². The fraction of sp³-hybridized carbons (Fsp3) is 0.136. The molecule has 0 aliphatic rings. The second kappa shape index (κ2) is 7.53. The molecule has 0 bridgehead atoms. The van der Waals surface area contributed by atoms with Crippen LogP contribution in [0.5, 0.6) is 0 Å². The molecule has 146 valence electrons. The highest BCUT2D eigenvalue weighted by Gasteiger charge is 2.15. The number of nitrogens with one attached hydrogen (secondary N) is 2. The zero-order chi connectivity index (χ0) is 21.3. The Bertz CT molecular complexity index is 1310. The molecule has 8 nitrogen and oxygen atoms in total. The zero-order valence-electron chi connectivity index (χ0n) is 16.7. The summed E-state index contributed by atoms with van der Waals surface area (Å²) in [5, 5.41) is 24.7. The molecular formula is C22H18N8. The Balaban J connectivity index is 1.76. The highest BCUT2D eigenvalue weighted by Crippen LogP contribution is 2.29. The van der Waals surface area contributed by atoms with E-state index < -0.39 is 0 Å². The molecule has 2 aromatic carbocycles. The van der Waals surface area contributed by atoms with Gasteiger partial charge >= 0.3 is 0 Å². The van der Waals surface area contributed by atoms with Crippen molar-refractivity contribution in [1.29, 1.82) is 10.5 Å². The minimum absolute atomic E-state index is 0.405. The van der Waals surface area contributed by atoms with Crippen molar-refractivity contribution < 1.29 is 0 Å². The summed E-state index contributed by atoms with van der Waals surface area (Å²) in [5.41, 5.74) is 6.04. The number of aryl methyl sites for hydroxylation is 3. The van der Waals surface area contributed by atoms with Crippen LogP contribution in [0.1, 0.15) is 22.3 Å². The predicted molar refractivity (Wildman–Crippen MR) is 115 cm³/mol. The number of nitriles is 2. The summed E-state index contributed by atoms with van der Waals surface area (Å²) in [5.74, 6) is 0.968. The average molecular weight is 394 g/mol. The van der Waals surface area contributed by atoms with Gasteiger partial charge in [-0.1, -0.05) is 0 Å². The van der Waals surface area contributed by atoms with Crippen molar-refractivity contribution in [2.24, 2.45) is 7.05 Å². The first-order valence-electron chi connectivity index (χ1n) is 9.23. The lowest BCUT2D eigenvalue weighted by molar-refractivity contribution is 0.929. The Hall–Kier alpha value is -4.43. The van der Waals surface area contributed by atoms with Crippen molar-refractivity contribution in [3.8, 4) is 12.1 Å². The lowest BCUT2D eigenvalue weighted by atomic mass is 10.0. The van der Waals surface area contributed by atoms with Gasteiger partial charge in [-0.25, -0.2) is 4.98 Å². The number of rotatable bonds is 4. The van der Waals surface area contributed by atoms with Crippen LogP contribution in [0.3, 0.4) is 0 Å². The number of anilines is 4. The first-order valence-corrected chi connectivity index (χ1v) is 9.23. The quantitative estimate of drug-likeness (QED) is 0.532. The van der Waals surface area contributed by atoms with Crippen LogP contribution in [0.15, 0.2) is 42.7 Å². The maximum Gasteiger partial charge on any atom is 0.231 e. The molecule has 4 rings (SSSR count). The Labute approximate surface area is 173 Å². The second-order valence-electron chi connectivity index (χ2n) is 6.96. The van der Waals surface area contributed by atoms with Gasteiger partial charge in [-0.05, 0) is 61.4 Å². The number of nitrogens with zero attached hydrogens (tertiary/aromatic N) is 6. The van der Waals surface area contributed by atoms with Gasteiger partial charge < -0.3 is 15.2 Å². The fourth-order valence-corrected chi connectivity index (χ4v) is 3.25. The summed E-state index contributed by atoms with van der Waals surface area (Å²) in [6.45, 7) is 3.89. The SMILES string of the molecule is Cc1cc(C#N)cc(C)c1Nc1nc(Nc2ccc(C#N)cc2)nc2c1ncn2C. The van der Waals surface area contributed by atoms with Gasteiger partial charge in [-0.2, -0.15) is 20.5 Å². The van der Waals surface area contributed by atoms with Crippen molar-refractivity contribution in [2.75, 3.05) is 10.6 Å². The van der Waals surface area contributed by atoms with E-state index in [-0.39, 0.29) is 0 Å². The van der Waals surface area contributed by atoms with Crippen LogP contribution < -0.4 is 10.6 Å². The molecule has 30 heavy (non-hydrogen) atoms. The molecule has 0 amide bonds. The molecule has 0 fully saturated rings. The molecule has 0 spiro atoms. The van der Waals surface area contributed by atoms with Gasteiger partial charge in [0.2, 0.25) is 5.95 Å². The van der Waals surface area contributed by atoms with Gasteiger partial charge in [-0.3, -0.25) is 0 Å². The highest BCUT2D eigenvalue weighted by atomic mass is 15.2. The molecule has 2 aromatic heterocycles. The smallest absolute Gasteiger partial charge is 0.231 e. The van der Waals surface area contributed by atoms with E-state index in [1.165, 1.54) is 0 Å². The summed E-state index contributed by atoms with van der Waals surface area (Å²) in [4.78, 5) is 13.6. The van der Waals surface area contributed by atoms with Crippen molar-refractivity contribution in [2.45, 2.75) is 13.8 Å². The summed E-state index contributed by atoms with van der Waals surface area (Å²) in [6.07, 6.45) is 1.69. The molecule has 0 saturated carbocycles. The van der Waals surface area contributed by atoms with E-state index in [0.29, 0.717) is 34.1 Å². The van der Waals surface area contributed by atoms with E-state index in [4.69, 9.17) is 5.26 Å². The zero-order valence-corrected chi connectivity index (χ0v) is 16.7. The Morgan fingerprint density at radius 2 is 1.57 bits per heavy atom. The van der Waals surface area contributed by atoms with E-state index >= 15 is 0 Å². The molecule has 2 N–H and O–H groups in total. The van der Waals surface area contributed by atoms with Crippen LogP contribution in [0.4, 0.5) is 23.1 Å². The van der Waals surface area contributed by atoms with Gasteiger partial charge in [0.1, 0.15) is 0 Å². The molecule has 8 heteroatoms. The number of aromatic nitrogens is 4. The Morgan fingerprint density at radius 3 is 2.20 bits per heavy atom. The van der Waals surface area contributed by atoms with Crippen LogP contribution in [0.2, 0.25) is 0 Å². The Kier molecular flexibility index (Phi) is 4.75. The monoisotopic (exact) mass is 394 g/mol. The third kappa shape index (κ3) is 3.50. The molecule has 2 heterocycles. The van der Waals surface area contributed by atoms with Crippen LogP contribution in [-0.4, -0.2) is 19.5 Å². The van der Waals surface area contributed by atoms with E-state index in [9.17, 15) is 5.26 Å². The molecule has 4 aromatic rings. The second-order valence-corrected chi connectivity index (χ2v) is 6.96. The van der Waals surface area contributed by atoms with E-state index in [1.54, 1.807) is 30.6 Å². The largest absolute Gasteiger partial charge is 0.338 e. The van der Waals surface area contributed by atoms with Crippen molar-refractivity contribution in [1.82, 2.24) is 19.5 Å². The summed E-state index contributed by atoms with van der Waals surface area (Å²) >= 11 is 0. The lowest BCUT2D eigenvalue weighted by Crippen LogP contribution is -2.05. The minimum Gasteiger partial charge on any atom is -0.338 e. The van der Waals surface area contributed by atoms with Crippen LogP contribution >= 0.6 is 0 Å². The molecule has 0 aliphatic heterocycles. The predicted octanol–water partition coefficient (Wildman–Crippen LogP) is 4.21. The van der Waals surface area contributed by atoms with Gasteiger partial charge in [0.15, 0.2) is 17.0 Å². The van der Waals surface area contributed by atoms with Gasteiger partial charge in [0.25, 0.3) is 0 Å². The standard InChI is InChI=1S/C22H18N8/c1-13-8-16(11-24)9-14(2)18(13)27-20-19-21(30(3)12-25-19)29-22(28-20)26-17-6-4-15(10-23)5-7-17/h4-9,12H,1-3H3,(H2,26,27,28,29). The maximum absolute atomic E-state index is 9.19. The van der Waals surface area contributed by atoms with Crippen molar-refractivity contribution in [3.05, 3.63) is 65.0 Å². The van der Waals surface area contributed by atoms with Gasteiger partial charge in [-0.15, -0.1) is 0 Å². The molecule has 0 radical (unpaired) electrons. The third-order valence-electron chi connectivity index (χ3n) is 4.74. The number of hydrogen-bond acceptors (Lipinski definition) is 7. The van der Waals surface area contributed by atoms with Crippen LogP contribution in [0.25, 0.3) is 11.2 Å². The summed E-state index contributed by atoms with van der Waals surface area (Å²) in [7, 11) is 1.87. The van der Waals surface area contributed by atoms with Crippen LogP contribution in [0, 0.1) is 36.5 Å². The first-order chi connectivity index (χ1) is 14.5. The van der Waals surface area contributed by atoms with Crippen molar-refractivity contribution in [3.63, 3.8) is 0 Å². The van der Waals surface area contributed by atoms with Gasteiger partial charge in [0, 0.05) is 18.4 Å². The van der Waals surface area contributed by atoms with Crippen molar-refractivity contribution >= 4 is 34.3 Å². The highest BCUT2D eigenvalue weighted by molar-refractivity contribution is 5.87. The Morgan fingerprint density at radius 1 is 0.900 bits per heavy atom. The molecule has 0 saturated heterocycles. The summed E-state index contributed by atoms with van der Waals surface area (Å²) < 4.78 is 1.82. The van der Waals surface area contributed by atoms with E-state index in [0.717, 1.165) is 22.5 Å². The number of imidazole rings is 1. The number of benzene rings is 2. The minimum atomic E-state index is 0.405. The maximum atomic E-state index is 9.19. The molecule has 0 aliphatic carbocycles. The molecule has 0 atom stereocenters. The third-order valence-corrected chi connectivity index (χ3v) is 4.74. The summed E-state index contributed by atoms with van der Waals surface area (Å²) in [6, 6.07) is 15.0. The lowest BCUT2D eigenvalue weighted by Gasteiger charge is -2.14. The first kappa shape index (κ1) is 18.9. The fourth-order valence-electron chi connectivity index (χ4n) is 3.25. The van der Waals surface area contributed by atoms with Gasteiger partial charge in [0.05, 0.1) is 29.6 Å². The van der Waals surface area contributed by atoms with E-state index in [2.05, 4.69) is 37.7 Å². The normalized spacial score (nSPS) is 10.4. The molecular weight excluding hydrogens is 376 g/mol. The number of fused-ring (bicyclic) bond motifs is 1. The van der Waals surface area contributed by atoms with Crippen LogP contribution in [-0.2, 0) is 7.05 Å².